The van der Waals surface area contributed by atoms with Crippen LogP contribution in [0.15, 0.2) is 133 Å². The van der Waals surface area contributed by atoms with Crippen LogP contribution in [0.5, 0.6) is 0 Å². The fourth-order valence-corrected chi connectivity index (χ4v) is 4.94. The first-order chi connectivity index (χ1) is 19.3. The number of hydrogen-bond acceptors (Lipinski definition) is 3. The molecule has 0 saturated carbocycles. The molecule has 39 heavy (non-hydrogen) atoms. The summed E-state index contributed by atoms with van der Waals surface area (Å²) in [6.45, 7) is 0. The molecule has 0 amide bonds. The lowest BCUT2D eigenvalue weighted by Gasteiger charge is -2.08. The van der Waals surface area contributed by atoms with Crippen molar-refractivity contribution in [3.63, 3.8) is 0 Å². The molecule has 7 aromatic rings. The molecule has 184 valence electrons. The molecule has 0 unspecified atom stereocenters. The number of para-hydroxylation sites is 2. The molecule has 0 aliphatic heterocycles. The first-order valence-corrected chi connectivity index (χ1v) is 13.0. The molecule has 0 N–H and O–H groups in total. The summed E-state index contributed by atoms with van der Waals surface area (Å²) < 4.78 is 2.11. The Kier molecular flexibility index (Phi) is 5.76. The summed E-state index contributed by atoms with van der Waals surface area (Å²) >= 11 is 0. The van der Waals surface area contributed by atoms with Gasteiger partial charge in [-0.15, -0.1) is 10.2 Å². The van der Waals surface area contributed by atoms with Gasteiger partial charge in [-0.1, -0.05) is 127 Å². The molecule has 0 radical (unpaired) electrons. The van der Waals surface area contributed by atoms with E-state index in [0.717, 1.165) is 39.3 Å². The first-order valence-electron chi connectivity index (χ1n) is 13.0. The average molecular weight is 501 g/mol. The quantitative estimate of drug-likeness (QED) is 0.238. The summed E-state index contributed by atoms with van der Waals surface area (Å²) in [6.07, 6.45) is 4.10. The molecule has 0 saturated heterocycles. The van der Waals surface area contributed by atoms with Crippen molar-refractivity contribution in [2.24, 2.45) is 0 Å². The second kappa shape index (κ2) is 9.84. The monoisotopic (exact) mass is 500 g/mol. The van der Waals surface area contributed by atoms with E-state index >= 15 is 0 Å². The lowest BCUT2D eigenvalue weighted by molar-refractivity contribution is 1.11. The lowest BCUT2D eigenvalue weighted by Crippen LogP contribution is -1.97. The summed E-state index contributed by atoms with van der Waals surface area (Å²) in [5.74, 6) is 0.796. The van der Waals surface area contributed by atoms with Crippen molar-refractivity contribution in [2.75, 3.05) is 0 Å². The van der Waals surface area contributed by atoms with E-state index in [4.69, 9.17) is 4.98 Å². The Bertz CT molecular complexity index is 1920. The topological polar surface area (TPSA) is 43.1 Å². The highest BCUT2D eigenvalue weighted by Gasteiger charge is 2.15. The van der Waals surface area contributed by atoms with E-state index in [1.807, 2.05) is 36.4 Å². The van der Waals surface area contributed by atoms with Gasteiger partial charge < -0.3 is 0 Å². The highest BCUT2D eigenvalue weighted by Crippen LogP contribution is 2.28. The fraction of sp³-hybridized carbons (Fsp3) is 0. The van der Waals surface area contributed by atoms with Crippen LogP contribution in [0, 0.1) is 0 Å². The normalized spacial score (nSPS) is 11.5. The Labute approximate surface area is 226 Å². The summed E-state index contributed by atoms with van der Waals surface area (Å²) in [4.78, 5) is 4.93. The van der Waals surface area contributed by atoms with Crippen LogP contribution in [0.25, 0.3) is 62.5 Å². The van der Waals surface area contributed by atoms with Crippen LogP contribution in [-0.2, 0) is 0 Å². The van der Waals surface area contributed by atoms with Gasteiger partial charge in [-0.3, -0.25) is 4.40 Å². The third kappa shape index (κ3) is 4.38. The van der Waals surface area contributed by atoms with E-state index in [0.29, 0.717) is 0 Å². The van der Waals surface area contributed by atoms with Crippen molar-refractivity contribution in [3.05, 3.63) is 145 Å². The summed E-state index contributed by atoms with van der Waals surface area (Å²) in [7, 11) is 0. The zero-order valence-electron chi connectivity index (χ0n) is 21.1. The fourth-order valence-electron chi connectivity index (χ4n) is 4.94. The maximum Gasteiger partial charge on any atom is 0.187 e. The molecule has 0 atom stereocenters. The predicted molar refractivity (Wildman–Crippen MR) is 160 cm³/mol. The van der Waals surface area contributed by atoms with E-state index in [1.54, 1.807) is 0 Å². The predicted octanol–water partition coefficient (Wildman–Crippen LogP) is 8.45. The SMILES string of the molecule is C(=C\c1nc2ccccc2n2c(-c3ccc(-c4ccccc4)cc3)nnc12)/c1ccc(-c2ccccc2)cc1. The zero-order chi connectivity index (χ0) is 26.0. The van der Waals surface area contributed by atoms with Crippen LogP contribution in [0.4, 0.5) is 0 Å². The largest absolute Gasteiger partial charge is 0.271 e. The molecule has 2 aromatic heterocycles. The van der Waals surface area contributed by atoms with E-state index in [1.165, 1.54) is 22.3 Å². The van der Waals surface area contributed by atoms with Crippen molar-refractivity contribution in [2.45, 2.75) is 0 Å². The number of hydrogen-bond donors (Lipinski definition) is 0. The minimum Gasteiger partial charge on any atom is -0.271 e. The van der Waals surface area contributed by atoms with E-state index < -0.39 is 0 Å². The van der Waals surface area contributed by atoms with Gasteiger partial charge in [-0.2, -0.15) is 0 Å². The van der Waals surface area contributed by atoms with Gasteiger partial charge in [0.1, 0.15) is 5.69 Å². The van der Waals surface area contributed by atoms with Crippen LogP contribution < -0.4 is 0 Å². The molecule has 4 heteroatoms. The Balaban J connectivity index is 1.28. The van der Waals surface area contributed by atoms with Crippen LogP contribution in [0.3, 0.4) is 0 Å². The standard InChI is InChI=1S/C35H24N4/c1-3-9-26(10-4-1)28-18-15-25(16-19-28)17-24-32-35-38-37-34(39(35)33-14-8-7-13-31(33)36-32)30-22-20-29(21-23-30)27-11-5-2-6-12-27/h1-24H/b24-17+. The second-order valence-corrected chi connectivity index (χ2v) is 9.43. The van der Waals surface area contributed by atoms with Crippen LogP contribution in [0.2, 0.25) is 0 Å². The van der Waals surface area contributed by atoms with Crippen molar-refractivity contribution in [1.82, 2.24) is 19.6 Å². The molecule has 0 spiro atoms. The number of nitrogens with zero attached hydrogens (tertiary/aromatic N) is 4. The Morgan fingerprint density at radius 3 is 1.67 bits per heavy atom. The van der Waals surface area contributed by atoms with Gasteiger partial charge in [0.25, 0.3) is 0 Å². The van der Waals surface area contributed by atoms with Gasteiger partial charge in [-0.25, -0.2) is 4.98 Å². The molecule has 0 aliphatic carbocycles. The molecular formula is C35H24N4. The van der Waals surface area contributed by atoms with Crippen molar-refractivity contribution in [1.29, 1.82) is 0 Å². The third-order valence-corrected chi connectivity index (χ3v) is 6.96. The first kappa shape index (κ1) is 22.8. The molecule has 7 rings (SSSR count). The summed E-state index contributed by atoms with van der Waals surface area (Å²) in [5, 5.41) is 9.21. The van der Waals surface area contributed by atoms with Crippen LogP contribution in [-0.4, -0.2) is 19.6 Å². The summed E-state index contributed by atoms with van der Waals surface area (Å²) in [6, 6.07) is 45.9. The molecule has 2 heterocycles. The van der Waals surface area contributed by atoms with Crippen molar-refractivity contribution >= 4 is 28.8 Å². The number of fused-ring (bicyclic) bond motifs is 3. The molecule has 0 fully saturated rings. The van der Waals surface area contributed by atoms with Gasteiger partial charge in [-0.05, 0) is 46.0 Å². The maximum atomic E-state index is 4.93. The minimum absolute atomic E-state index is 0.730. The average Bonchev–Trinajstić information content (AvgIpc) is 3.47. The third-order valence-electron chi connectivity index (χ3n) is 6.96. The highest BCUT2D eigenvalue weighted by atomic mass is 15.3. The lowest BCUT2D eigenvalue weighted by atomic mass is 10.0. The number of aromatic nitrogens is 4. The van der Waals surface area contributed by atoms with Gasteiger partial charge in [0.05, 0.1) is 11.0 Å². The van der Waals surface area contributed by atoms with E-state index in [9.17, 15) is 0 Å². The Hall–Kier alpha value is -5.35. The Morgan fingerprint density at radius 2 is 1.00 bits per heavy atom. The highest BCUT2D eigenvalue weighted by molar-refractivity contribution is 5.86. The van der Waals surface area contributed by atoms with E-state index in [-0.39, 0.29) is 0 Å². The smallest absolute Gasteiger partial charge is 0.187 e. The number of benzene rings is 5. The molecule has 0 bridgehead atoms. The van der Waals surface area contributed by atoms with E-state index in [2.05, 4.69) is 124 Å². The van der Waals surface area contributed by atoms with Crippen LogP contribution in [0.1, 0.15) is 11.3 Å². The van der Waals surface area contributed by atoms with Gasteiger partial charge >= 0.3 is 0 Å². The van der Waals surface area contributed by atoms with Gasteiger partial charge in [0.15, 0.2) is 11.5 Å². The molecule has 0 aliphatic rings. The van der Waals surface area contributed by atoms with Crippen molar-refractivity contribution < 1.29 is 0 Å². The molecule has 4 nitrogen and oxygen atoms in total. The maximum absolute atomic E-state index is 4.93. The molecular weight excluding hydrogens is 476 g/mol. The van der Waals surface area contributed by atoms with Crippen LogP contribution >= 0.6 is 0 Å². The molecule has 5 aromatic carbocycles. The van der Waals surface area contributed by atoms with Gasteiger partial charge in [0, 0.05) is 5.56 Å². The number of rotatable bonds is 5. The van der Waals surface area contributed by atoms with Crippen molar-refractivity contribution in [3.8, 4) is 33.6 Å². The Morgan fingerprint density at radius 1 is 0.462 bits per heavy atom. The zero-order valence-corrected chi connectivity index (χ0v) is 21.1. The second-order valence-electron chi connectivity index (χ2n) is 9.43. The minimum atomic E-state index is 0.730. The van der Waals surface area contributed by atoms with Gasteiger partial charge in [0.2, 0.25) is 0 Å². The summed E-state index contributed by atoms with van der Waals surface area (Å²) in [5.41, 5.74) is 10.2.